The first-order valence-electron chi connectivity index (χ1n) is 3.92. The molecule has 3 nitrogen and oxygen atoms in total. The van der Waals surface area contributed by atoms with E-state index in [9.17, 15) is 0 Å². The molecule has 1 atom stereocenters. The molecule has 0 bridgehead atoms. The van der Waals surface area contributed by atoms with E-state index in [1.165, 1.54) is 0 Å². The minimum absolute atomic E-state index is 0.0710. The summed E-state index contributed by atoms with van der Waals surface area (Å²) in [6.07, 6.45) is 0.801. The molecule has 0 rings (SSSR count). The van der Waals surface area contributed by atoms with Crippen LogP contribution < -0.4 is 0 Å². The summed E-state index contributed by atoms with van der Waals surface area (Å²) in [5.41, 5.74) is 0. The standard InChI is InChI=1S/C8H18O3/c1-7(2)4-8(5-9)11-6-10-3/h7-9H,4-6H2,1-3H3/t8-/m0/s1. The molecular weight excluding hydrogens is 144 g/mol. The van der Waals surface area contributed by atoms with Crippen molar-refractivity contribution in [3.05, 3.63) is 0 Å². The minimum Gasteiger partial charge on any atom is -0.394 e. The molecule has 0 aliphatic carbocycles. The quantitative estimate of drug-likeness (QED) is 0.592. The summed E-state index contributed by atoms with van der Waals surface area (Å²) in [7, 11) is 1.57. The molecule has 0 spiro atoms. The Morgan fingerprint density at radius 2 is 2.00 bits per heavy atom. The Hall–Kier alpha value is -0.120. The van der Waals surface area contributed by atoms with Gasteiger partial charge in [0.25, 0.3) is 0 Å². The van der Waals surface area contributed by atoms with Gasteiger partial charge in [0.05, 0.1) is 12.7 Å². The van der Waals surface area contributed by atoms with Gasteiger partial charge in [0.1, 0.15) is 6.79 Å². The van der Waals surface area contributed by atoms with Gasteiger partial charge < -0.3 is 14.6 Å². The van der Waals surface area contributed by atoms with E-state index < -0.39 is 0 Å². The van der Waals surface area contributed by atoms with Crippen molar-refractivity contribution in [2.24, 2.45) is 5.92 Å². The lowest BCUT2D eigenvalue weighted by Crippen LogP contribution is -2.20. The average Bonchev–Trinajstić information content (AvgIpc) is 1.97. The topological polar surface area (TPSA) is 38.7 Å². The van der Waals surface area contributed by atoms with Crippen LogP contribution in [0, 0.1) is 5.92 Å². The predicted octanol–water partition coefficient (Wildman–Crippen LogP) is 1.01. The van der Waals surface area contributed by atoms with Crippen molar-refractivity contribution < 1.29 is 14.6 Å². The molecule has 0 saturated heterocycles. The maximum absolute atomic E-state index is 8.82. The van der Waals surface area contributed by atoms with Gasteiger partial charge >= 0.3 is 0 Å². The Balaban J connectivity index is 3.41. The zero-order valence-electron chi connectivity index (χ0n) is 7.54. The van der Waals surface area contributed by atoms with Crippen molar-refractivity contribution in [1.82, 2.24) is 0 Å². The third kappa shape index (κ3) is 6.28. The molecule has 68 valence electrons. The Labute approximate surface area is 68.3 Å². The first-order chi connectivity index (χ1) is 5.20. The van der Waals surface area contributed by atoms with Gasteiger partial charge in [-0.25, -0.2) is 0 Å². The summed E-state index contributed by atoms with van der Waals surface area (Å²) in [6, 6.07) is 0. The Kier molecular flexibility index (Phi) is 6.51. The van der Waals surface area contributed by atoms with E-state index in [2.05, 4.69) is 13.8 Å². The van der Waals surface area contributed by atoms with Crippen molar-refractivity contribution in [2.45, 2.75) is 26.4 Å². The second kappa shape index (κ2) is 6.58. The van der Waals surface area contributed by atoms with Crippen molar-refractivity contribution in [3.8, 4) is 0 Å². The normalized spacial score (nSPS) is 13.9. The van der Waals surface area contributed by atoms with E-state index in [1.807, 2.05) is 0 Å². The molecule has 3 heteroatoms. The number of methoxy groups -OCH3 is 1. The number of hydrogen-bond donors (Lipinski definition) is 1. The average molecular weight is 162 g/mol. The van der Waals surface area contributed by atoms with Crippen LogP contribution in [-0.2, 0) is 9.47 Å². The summed E-state index contributed by atoms with van der Waals surface area (Å²) in [4.78, 5) is 0. The first kappa shape index (κ1) is 10.9. The zero-order valence-corrected chi connectivity index (χ0v) is 7.54. The molecule has 0 aromatic rings. The summed E-state index contributed by atoms with van der Waals surface area (Å²) in [5, 5.41) is 8.82. The highest BCUT2D eigenvalue weighted by Crippen LogP contribution is 2.07. The molecule has 0 saturated carbocycles. The minimum atomic E-state index is -0.0741. The van der Waals surface area contributed by atoms with Gasteiger partial charge in [0.15, 0.2) is 0 Å². The number of rotatable bonds is 6. The van der Waals surface area contributed by atoms with Crippen molar-refractivity contribution in [2.75, 3.05) is 20.5 Å². The second-order valence-electron chi connectivity index (χ2n) is 3.01. The Morgan fingerprint density at radius 3 is 2.36 bits per heavy atom. The lowest BCUT2D eigenvalue weighted by molar-refractivity contribution is -0.0925. The molecule has 0 radical (unpaired) electrons. The van der Waals surface area contributed by atoms with E-state index in [0.717, 1.165) is 6.42 Å². The smallest absolute Gasteiger partial charge is 0.146 e. The van der Waals surface area contributed by atoms with Gasteiger partial charge in [-0.05, 0) is 12.3 Å². The highest BCUT2D eigenvalue weighted by molar-refractivity contribution is 4.57. The first-order valence-corrected chi connectivity index (χ1v) is 3.92. The van der Waals surface area contributed by atoms with Crippen molar-refractivity contribution in [3.63, 3.8) is 0 Å². The van der Waals surface area contributed by atoms with Crippen LogP contribution in [0.5, 0.6) is 0 Å². The molecule has 0 aromatic heterocycles. The summed E-state index contributed by atoms with van der Waals surface area (Å²) < 4.78 is 9.90. The molecule has 0 aromatic carbocycles. The second-order valence-corrected chi connectivity index (χ2v) is 3.01. The Bertz CT molecular complexity index is 83.4. The van der Waals surface area contributed by atoms with E-state index in [4.69, 9.17) is 14.6 Å². The van der Waals surface area contributed by atoms with Gasteiger partial charge in [-0.3, -0.25) is 0 Å². The van der Waals surface area contributed by atoms with Crippen LogP contribution in [0.25, 0.3) is 0 Å². The third-order valence-electron chi connectivity index (χ3n) is 1.36. The molecule has 0 aliphatic heterocycles. The van der Waals surface area contributed by atoms with Gasteiger partial charge in [-0.2, -0.15) is 0 Å². The van der Waals surface area contributed by atoms with Crippen molar-refractivity contribution >= 4 is 0 Å². The highest BCUT2D eigenvalue weighted by Gasteiger charge is 2.08. The van der Waals surface area contributed by atoms with Crippen LogP contribution in [-0.4, -0.2) is 31.7 Å². The van der Waals surface area contributed by atoms with Gasteiger partial charge in [-0.15, -0.1) is 0 Å². The lowest BCUT2D eigenvalue weighted by Gasteiger charge is -2.16. The van der Waals surface area contributed by atoms with Crippen LogP contribution in [0.2, 0.25) is 0 Å². The van der Waals surface area contributed by atoms with E-state index >= 15 is 0 Å². The fraction of sp³-hybridized carbons (Fsp3) is 1.00. The van der Waals surface area contributed by atoms with E-state index in [0.29, 0.717) is 5.92 Å². The third-order valence-corrected chi connectivity index (χ3v) is 1.36. The van der Waals surface area contributed by atoms with Crippen LogP contribution in [0.1, 0.15) is 20.3 Å². The number of ether oxygens (including phenoxy) is 2. The van der Waals surface area contributed by atoms with Crippen LogP contribution in [0.3, 0.4) is 0 Å². The fourth-order valence-electron chi connectivity index (χ4n) is 0.885. The summed E-state index contributed by atoms with van der Waals surface area (Å²) >= 11 is 0. The van der Waals surface area contributed by atoms with Crippen molar-refractivity contribution in [1.29, 1.82) is 0 Å². The Morgan fingerprint density at radius 1 is 1.36 bits per heavy atom. The van der Waals surface area contributed by atoms with Gasteiger partial charge in [0, 0.05) is 7.11 Å². The predicted molar refractivity (Wildman–Crippen MR) is 43.3 cm³/mol. The zero-order chi connectivity index (χ0) is 8.69. The maximum Gasteiger partial charge on any atom is 0.146 e. The maximum atomic E-state index is 8.82. The molecule has 11 heavy (non-hydrogen) atoms. The molecular formula is C8H18O3. The molecule has 0 heterocycles. The largest absolute Gasteiger partial charge is 0.394 e. The fourth-order valence-corrected chi connectivity index (χ4v) is 0.885. The highest BCUT2D eigenvalue weighted by atomic mass is 16.7. The molecule has 1 N–H and O–H groups in total. The molecule has 0 fully saturated rings. The molecule has 0 aliphatic rings. The lowest BCUT2D eigenvalue weighted by atomic mass is 10.1. The van der Waals surface area contributed by atoms with Crippen LogP contribution in [0.15, 0.2) is 0 Å². The van der Waals surface area contributed by atoms with E-state index in [1.54, 1.807) is 7.11 Å². The van der Waals surface area contributed by atoms with Crippen LogP contribution >= 0.6 is 0 Å². The van der Waals surface area contributed by atoms with Gasteiger partial charge in [0.2, 0.25) is 0 Å². The molecule has 0 amide bonds. The van der Waals surface area contributed by atoms with Gasteiger partial charge in [-0.1, -0.05) is 13.8 Å². The summed E-state index contributed by atoms with van der Waals surface area (Å²) in [6.45, 7) is 4.52. The summed E-state index contributed by atoms with van der Waals surface area (Å²) in [5.74, 6) is 0.545. The molecule has 0 unspecified atom stereocenters. The SMILES string of the molecule is COCO[C@H](CO)CC(C)C. The van der Waals surface area contributed by atoms with E-state index in [-0.39, 0.29) is 19.5 Å². The number of hydrogen-bond acceptors (Lipinski definition) is 3. The monoisotopic (exact) mass is 162 g/mol. The number of aliphatic hydroxyl groups is 1. The van der Waals surface area contributed by atoms with Crippen LogP contribution in [0.4, 0.5) is 0 Å². The number of aliphatic hydroxyl groups excluding tert-OH is 1.